The Morgan fingerprint density at radius 1 is 1.05 bits per heavy atom. The van der Waals surface area contributed by atoms with E-state index in [2.05, 4.69) is 20.9 Å². The van der Waals surface area contributed by atoms with Crippen LogP contribution in [0.2, 0.25) is 0 Å². The van der Waals surface area contributed by atoms with E-state index in [0.717, 1.165) is 30.9 Å². The molecule has 0 radical (unpaired) electrons. The van der Waals surface area contributed by atoms with Gasteiger partial charge in [0.2, 0.25) is 5.91 Å². The number of fused-ring (bicyclic) bond motifs is 1. The van der Waals surface area contributed by atoms with Crippen molar-refractivity contribution in [3.05, 3.63) is 71.5 Å². The highest BCUT2D eigenvalue weighted by atomic mass is 16.3. The maximum Gasteiger partial charge on any atom is 0.256 e. The van der Waals surface area contributed by atoms with Crippen LogP contribution in [0.25, 0.3) is 23.0 Å². The topological polar surface area (TPSA) is 104 Å². The fraction of sp³-hybridized carbons (Fsp3) is 0.300. The predicted molar refractivity (Wildman–Crippen MR) is 149 cm³/mol. The molecule has 2 aliphatic heterocycles. The zero-order valence-corrected chi connectivity index (χ0v) is 21.5. The molecule has 1 saturated heterocycles. The number of para-hydroxylation sites is 1. The Labute approximate surface area is 222 Å². The Balaban J connectivity index is 1.37. The van der Waals surface area contributed by atoms with Crippen molar-refractivity contribution in [2.75, 3.05) is 36.8 Å². The van der Waals surface area contributed by atoms with E-state index in [-0.39, 0.29) is 17.7 Å². The van der Waals surface area contributed by atoms with Crippen LogP contribution in [-0.4, -0.2) is 48.8 Å². The molecule has 3 heterocycles. The molecule has 0 unspecified atom stereocenters. The number of amides is 3. The third-order valence-corrected chi connectivity index (χ3v) is 6.83. The normalized spacial score (nSPS) is 15.9. The zero-order valence-electron chi connectivity index (χ0n) is 21.5. The minimum atomic E-state index is -0.184. The molecule has 0 atom stereocenters. The number of hydrogen-bond donors (Lipinski definition) is 3. The molecule has 3 aromatic rings. The summed E-state index contributed by atoms with van der Waals surface area (Å²) in [6, 6.07) is 16.3. The van der Waals surface area contributed by atoms with Crippen LogP contribution in [0.1, 0.15) is 54.3 Å². The number of nitrogens with one attached hydrogen (secondary N) is 3. The summed E-state index contributed by atoms with van der Waals surface area (Å²) in [7, 11) is 0. The van der Waals surface area contributed by atoms with Crippen LogP contribution in [0.4, 0.5) is 11.4 Å². The standard InChI is InChI=1S/C30H32N4O4/c1-2-7-28(35)32-26-18-20(29(36)31-14-17-34-15-5-6-16-34)10-12-23(26)27-13-11-21(38-27)19-24-22-8-3-4-9-25(22)33-30(24)37/h3-4,8-13,18-19H,2,5-7,14-17H2,1H3,(H,31,36)(H,32,35)(H,33,37)/b24-19+. The first-order valence-corrected chi connectivity index (χ1v) is 13.2. The molecule has 0 saturated carbocycles. The van der Waals surface area contributed by atoms with Gasteiger partial charge >= 0.3 is 0 Å². The number of benzene rings is 2. The Hall–Kier alpha value is -4.17. The lowest BCUT2D eigenvalue weighted by molar-refractivity contribution is -0.116. The van der Waals surface area contributed by atoms with Gasteiger partial charge in [-0.15, -0.1) is 0 Å². The lowest BCUT2D eigenvalue weighted by Crippen LogP contribution is -2.33. The molecular formula is C30H32N4O4. The smallest absolute Gasteiger partial charge is 0.256 e. The van der Waals surface area contributed by atoms with Crippen molar-refractivity contribution in [2.45, 2.75) is 32.6 Å². The molecule has 0 aliphatic carbocycles. The lowest BCUT2D eigenvalue weighted by atomic mass is 10.1. The Bertz CT molecular complexity index is 1380. The molecule has 38 heavy (non-hydrogen) atoms. The SMILES string of the molecule is CCCC(=O)Nc1cc(C(=O)NCCN2CCCC2)ccc1-c1ccc(/C=C2/C(=O)Nc3ccccc32)o1. The zero-order chi connectivity index (χ0) is 26.5. The third kappa shape index (κ3) is 5.70. The quantitative estimate of drug-likeness (QED) is 0.350. The van der Waals surface area contributed by atoms with Gasteiger partial charge in [0, 0.05) is 41.9 Å². The molecule has 1 fully saturated rings. The summed E-state index contributed by atoms with van der Waals surface area (Å²) in [5, 5.41) is 8.79. The van der Waals surface area contributed by atoms with Crippen LogP contribution >= 0.6 is 0 Å². The van der Waals surface area contributed by atoms with Gasteiger partial charge in [-0.05, 0) is 74.8 Å². The average Bonchev–Trinajstić information content (AvgIpc) is 3.66. The molecule has 3 N–H and O–H groups in total. The number of carbonyl (C=O) groups excluding carboxylic acids is 3. The maximum atomic E-state index is 12.8. The second-order valence-corrected chi connectivity index (χ2v) is 9.62. The van der Waals surface area contributed by atoms with E-state index in [4.69, 9.17) is 4.42 Å². The minimum Gasteiger partial charge on any atom is -0.457 e. The molecule has 1 aromatic heterocycles. The van der Waals surface area contributed by atoms with E-state index in [1.54, 1.807) is 36.4 Å². The number of nitrogens with zero attached hydrogens (tertiary/aromatic N) is 1. The number of rotatable bonds is 9. The highest BCUT2D eigenvalue weighted by Crippen LogP contribution is 2.35. The van der Waals surface area contributed by atoms with E-state index >= 15 is 0 Å². The minimum absolute atomic E-state index is 0.131. The van der Waals surface area contributed by atoms with Gasteiger partial charge in [0.1, 0.15) is 11.5 Å². The third-order valence-electron chi connectivity index (χ3n) is 6.83. The summed E-state index contributed by atoms with van der Waals surface area (Å²) in [5.74, 6) is 0.538. The summed E-state index contributed by atoms with van der Waals surface area (Å²) in [6.07, 6.45) is 5.21. The van der Waals surface area contributed by atoms with Crippen LogP contribution < -0.4 is 16.0 Å². The molecule has 2 aliphatic rings. The summed E-state index contributed by atoms with van der Waals surface area (Å²) < 4.78 is 6.09. The highest BCUT2D eigenvalue weighted by molar-refractivity contribution is 6.34. The van der Waals surface area contributed by atoms with Crippen LogP contribution in [0.3, 0.4) is 0 Å². The Kier molecular flexibility index (Phi) is 7.70. The number of carbonyl (C=O) groups is 3. The van der Waals surface area contributed by atoms with E-state index < -0.39 is 0 Å². The molecule has 5 rings (SSSR count). The largest absolute Gasteiger partial charge is 0.457 e. The van der Waals surface area contributed by atoms with Gasteiger partial charge < -0.3 is 25.3 Å². The predicted octanol–water partition coefficient (Wildman–Crippen LogP) is 5.00. The molecule has 8 nitrogen and oxygen atoms in total. The summed E-state index contributed by atoms with van der Waals surface area (Å²) in [6.45, 7) is 5.50. The van der Waals surface area contributed by atoms with Crippen molar-refractivity contribution in [3.8, 4) is 11.3 Å². The van der Waals surface area contributed by atoms with E-state index in [9.17, 15) is 14.4 Å². The van der Waals surface area contributed by atoms with Gasteiger partial charge in [-0.25, -0.2) is 0 Å². The van der Waals surface area contributed by atoms with Gasteiger partial charge in [0.15, 0.2) is 0 Å². The molecule has 2 aromatic carbocycles. The number of hydrogen-bond acceptors (Lipinski definition) is 5. The molecule has 3 amide bonds. The summed E-state index contributed by atoms with van der Waals surface area (Å²) >= 11 is 0. The maximum absolute atomic E-state index is 12.8. The van der Waals surface area contributed by atoms with Crippen LogP contribution in [0.5, 0.6) is 0 Å². The molecular weight excluding hydrogens is 480 g/mol. The first kappa shape index (κ1) is 25.5. The van der Waals surface area contributed by atoms with E-state index in [1.165, 1.54) is 12.8 Å². The number of anilines is 2. The second kappa shape index (κ2) is 11.5. The summed E-state index contributed by atoms with van der Waals surface area (Å²) in [4.78, 5) is 40.2. The van der Waals surface area contributed by atoms with Crippen LogP contribution in [0, 0.1) is 0 Å². The summed E-state index contributed by atoms with van der Waals surface area (Å²) in [5.41, 5.74) is 3.75. The van der Waals surface area contributed by atoms with Crippen molar-refractivity contribution < 1.29 is 18.8 Å². The van der Waals surface area contributed by atoms with Crippen molar-refractivity contribution in [1.82, 2.24) is 10.2 Å². The van der Waals surface area contributed by atoms with Crippen molar-refractivity contribution in [3.63, 3.8) is 0 Å². The second-order valence-electron chi connectivity index (χ2n) is 9.62. The molecule has 0 bridgehead atoms. The van der Waals surface area contributed by atoms with Gasteiger partial charge in [0.25, 0.3) is 11.8 Å². The fourth-order valence-corrected chi connectivity index (χ4v) is 4.88. The Morgan fingerprint density at radius 2 is 1.87 bits per heavy atom. The molecule has 8 heteroatoms. The van der Waals surface area contributed by atoms with Crippen LogP contribution in [0.15, 0.2) is 59.0 Å². The average molecular weight is 513 g/mol. The molecule has 196 valence electrons. The first-order valence-electron chi connectivity index (χ1n) is 13.2. The number of furan rings is 1. The fourth-order valence-electron chi connectivity index (χ4n) is 4.88. The number of likely N-dealkylation sites (tertiary alicyclic amines) is 1. The van der Waals surface area contributed by atoms with Crippen molar-refractivity contribution in [2.24, 2.45) is 0 Å². The van der Waals surface area contributed by atoms with Crippen LogP contribution in [-0.2, 0) is 9.59 Å². The molecule has 0 spiro atoms. The van der Waals surface area contributed by atoms with Gasteiger partial charge in [-0.3, -0.25) is 14.4 Å². The van der Waals surface area contributed by atoms with Crippen molar-refractivity contribution >= 4 is 40.7 Å². The van der Waals surface area contributed by atoms with E-state index in [0.29, 0.717) is 53.3 Å². The monoisotopic (exact) mass is 512 g/mol. The Morgan fingerprint density at radius 3 is 2.68 bits per heavy atom. The van der Waals surface area contributed by atoms with E-state index in [1.807, 2.05) is 31.2 Å². The van der Waals surface area contributed by atoms with Gasteiger partial charge in [-0.2, -0.15) is 0 Å². The van der Waals surface area contributed by atoms with Gasteiger partial charge in [-0.1, -0.05) is 25.1 Å². The first-order chi connectivity index (χ1) is 18.5. The van der Waals surface area contributed by atoms with Gasteiger partial charge in [0.05, 0.1) is 11.3 Å². The lowest BCUT2D eigenvalue weighted by Gasteiger charge is -2.15. The highest BCUT2D eigenvalue weighted by Gasteiger charge is 2.24. The van der Waals surface area contributed by atoms with Crippen molar-refractivity contribution in [1.29, 1.82) is 0 Å².